The molecule has 2 aliphatic carbocycles. The van der Waals surface area contributed by atoms with Crippen molar-refractivity contribution in [1.82, 2.24) is 97.9 Å². The van der Waals surface area contributed by atoms with Crippen LogP contribution in [0.2, 0.25) is 0 Å². The number of nitrogens with two attached hydrogens (primary N) is 1. The number of halogens is 5. The molecule has 0 aromatic carbocycles. The van der Waals surface area contributed by atoms with Gasteiger partial charge < -0.3 is 73.0 Å². The van der Waals surface area contributed by atoms with Crippen LogP contribution in [-0.2, 0) is 32.7 Å². The van der Waals surface area contributed by atoms with Crippen LogP contribution in [0.1, 0.15) is 134 Å². The van der Waals surface area contributed by atoms with Crippen LogP contribution >= 0.6 is 79.6 Å². The highest BCUT2D eigenvalue weighted by Crippen LogP contribution is 2.65. The van der Waals surface area contributed by atoms with E-state index in [1.807, 2.05) is 133 Å². The largest absolute Gasteiger partial charge is 0.396 e. The van der Waals surface area contributed by atoms with Crippen LogP contribution in [0, 0.1) is 22.7 Å². The van der Waals surface area contributed by atoms with Gasteiger partial charge in [0.15, 0.2) is 28.2 Å². The smallest absolute Gasteiger partial charge is 0.173 e. The summed E-state index contributed by atoms with van der Waals surface area (Å²) >= 11 is 17.7. The van der Waals surface area contributed by atoms with Gasteiger partial charge in [-0.15, -0.1) is 0 Å². The van der Waals surface area contributed by atoms with E-state index in [1.165, 1.54) is 12.8 Å². The van der Waals surface area contributed by atoms with E-state index in [0.29, 0.717) is 85.6 Å². The summed E-state index contributed by atoms with van der Waals surface area (Å²) in [6, 6.07) is 31.6. The Morgan fingerprint density at radius 2 is 0.794 bits per heavy atom. The van der Waals surface area contributed by atoms with Gasteiger partial charge in [0.25, 0.3) is 0 Å². The fourth-order valence-corrected chi connectivity index (χ4v) is 19.4. The van der Waals surface area contributed by atoms with E-state index in [2.05, 4.69) is 234 Å². The van der Waals surface area contributed by atoms with Crippen molar-refractivity contribution in [1.29, 1.82) is 0 Å². The van der Waals surface area contributed by atoms with Crippen molar-refractivity contribution >= 4 is 166 Å². The molecule has 3 aliphatic heterocycles. The van der Waals surface area contributed by atoms with Crippen molar-refractivity contribution in [3.63, 3.8) is 0 Å². The second-order valence-corrected chi connectivity index (χ2v) is 40.0. The van der Waals surface area contributed by atoms with Gasteiger partial charge in [0.2, 0.25) is 0 Å². The minimum atomic E-state index is -0.474. The molecular weight excluding hydrogens is 1990 g/mol. The van der Waals surface area contributed by atoms with E-state index < -0.39 is 5.54 Å². The minimum Gasteiger partial charge on any atom is -0.396 e. The van der Waals surface area contributed by atoms with Crippen molar-refractivity contribution in [3.05, 3.63) is 234 Å². The van der Waals surface area contributed by atoms with E-state index >= 15 is 0 Å². The number of pyridine rings is 5. The van der Waals surface area contributed by atoms with Crippen LogP contribution in [0.3, 0.4) is 0 Å². The molecule has 2 saturated carbocycles. The predicted molar refractivity (Wildman–Crippen MR) is 531 cm³/mol. The van der Waals surface area contributed by atoms with Gasteiger partial charge in [0, 0.05) is 175 Å². The van der Waals surface area contributed by atoms with Crippen LogP contribution in [0.15, 0.2) is 206 Å². The summed E-state index contributed by atoms with van der Waals surface area (Å²) in [4.78, 5) is 51.7. The molecule has 131 heavy (non-hydrogen) atoms. The molecule has 5 aliphatic rings. The lowest BCUT2D eigenvalue weighted by molar-refractivity contribution is 0.234. The van der Waals surface area contributed by atoms with E-state index in [-0.39, 0.29) is 31.3 Å². The van der Waals surface area contributed by atoms with Crippen molar-refractivity contribution in [2.24, 2.45) is 28.4 Å². The Bertz CT molecular complexity index is 6300. The number of aromatic nitrogens is 20. The van der Waals surface area contributed by atoms with E-state index in [0.717, 1.165) is 190 Å². The monoisotopic (exact) mass is 2090 g/mol. The first-order chi connectivity index (χ1) is 63.4. The Morgan fingerprint density at radius 1 is 0.435 bits per heavy atom. The minimum absolute atomic E-state index is 0.00125. The van der Waals surface area contributed by atoms with Crippen molar-refractivity contribution in [3.8, 4) is 0 Å². The molecule has 5 atom stereocenters. The van der Waals surface area contributed by atoms with Gasteiger partial charge in [-0.2, -0.15) is 48.1 Å². The van der Waals surface area contributed by atoms with Crippen LogP contribution in [0.25, 0.3) is 28.2 Å². The molecule has 0 spiro atoms. The molecule has 3 saturated heterocycles. The molecule has 0 bridgehead atoms. The van der Waals surface area contributed by atoms with Gasteiger partial charge in [-0.25, -0.2) is 24.9 Å². The Morgan fingerprint density at radius 3 is 1.17 bits per heavy atom. The molecular formula is C92H110Br5N31O3. The summed E-state index contributed by atoms with van der Waals surface area (Å²) in [5.74, 6) is 9.83. The number of fused-ring (bicyclic) bond motifs is 6. The standard InChI is InChI=1S/C20H23BrN6O.C20H25BrN6.C18H22BrN7.C18H21BrN6O.C16H19BrN6O/c1-20(2)13-10-26(15(11-28)18(13)20)17-6-16(23-8-12-4-3-5-22-7-12)27-19(25-17)14(21)9-24-27;1-20(2,3)16-7-5-9-26(16)18-10-17(23-12-14-6-4-8-22-11-14)27-19(25-18)15(21)13-24-27;19-15-11-23-26-17(22-10-12-2-1-7-21-9-12)8-16(25-18(15)26)24-14-5-3-13(20)4-6-14;19-15-12-22-25-16(21-11-13-3-1-6-20-10-13)9-17(23-18(15)25)24-7-2-4-14(24)5-8-26;1-16(2,10-24)22-13-6-14(19-8-11-4-3-5-18-7-11)23-15(21-13)12(17)9-20-23/h3-7,9,13,15,18,23,28H,8,10-11H2,1-2H3;4,6,8,10-11,13,16,23H,5,7,9,12H2,1-3H3;1-2,7-9,11,13-14,22H,3-6,10,20H2,(H,24,25);1,3,6,9-10,12,14,21,26H,2,4-5,7-8,11H2;3-7,9,19,24H,8,10H2,1-2H3,(H,21,22)/t13-,15+,18-;16-;;14-;/m00.0./s1. The fourth-order valence-electron chi connectivity index (χ4n) is 17.6. The molecule has 5 fully saturated rings. The molecule has 34 nitrogen and oxygen atoms in total. The third-order valence-corrected chi connectivity index (χ3v) is 27.4. The van der Waals surface area contributed by atoms with E-state index in [1.54, 1.807) is 75.5 Å². The third-order valence-electron chi connectivity index (χ3n) is 24.6. The maximum absolute atomic E-state index is 10.1. The first kappa shape index (κ1) is 93.3. The highest BCUT2D eigenvalue weighted by atomic mass is 79.9. The molecule has 15 aromatic heterocycles. The molecule has 686 valence electrons. The lowest BCUT2D eigenvalue weighted by Crippen LogP contribution is -2.40. The number of hydrogen-bond donors (Lipinski definition) is 11. The predicted octanol–water partition coefficient (Wildman–Crippen LogP) is 16.2. The van der Waals surface area contributed by atoms with Gasteiger partial charge in [0.05, 0.1) is 78.1 Å². The highest BCUT2D eigenvalue weighted by Gasteiger charge is 2.66. The zero-order valence-corrected chi connectivity index (χ0v) is 82.0. The van der Waals surface area contributed by atoms with E-state index in [9.17, 15) is 15.3 Å². The number of nitrogens with zero attached hydrogens (tertiary/aromatic N) is 23. The zero-order chi connectivity index (χ0) is 91.5. The maximum Gasteiger partial charge on any atom is 0.173 e. The molecule has 0 amide bonds. The Kier molecular flexibility index (Phi) is 29.8. The van der Waals surface area contributed by atoms with Crippen molar-refractivity contribution < 1.29 is 15.3 Å². The molecule has 12 N–H and O–H groups in total. The number of hydrogen-bond acceptors (Lipinski definition) is 29. The molecule has 18 heterocycles. The second-order valence-electron chi connectivity index (χ2n) is 35.8. The SMILES string of the molecule is CC(C)(C)[C@@H]1CCCN1c1cc(NCc2cccnc2)n2ncc(Br)c2n1.CC(C)(CO)Nc1cc(NCc2cccnc2)n2ncc(Br)c2n1.CC1(C)[C@@H]2[C@@H](CO)N(c3cc(NCc4cccnc4)n4ncc(Br)c4n3)C[C@@H]21.NC1CCC(Nc2cc(NCc3cccnc3)n3ncc(Br)c3n2)CC1.OCC[C@@H]1CCCN1c1cc(NCc2cccnc2)n2ncc(Br)c2n1. The zero-order valence-electron chi connectivity index (χ0n) is 74.1. The Balaban J connectivity index is 0.000000120. The summed E-state index contributed by atoms with van der Waals surface area (Å²) in [5.41, 5.74) is 15.4. The van der Waals surface area contributed by atoms with Gasteiger partial charge in [-0.1, -0.05) is 65.0 Å². The Labute approximate surface area is 801 Å². The topological polar surface area (TPSA) is 396 Å². The molecule has 0 unspecified atom stereocenters. The number of nitrogens with one attached hydrogen (secondary N) is 7. The van der Waals surface area contributed by atoms with Crippen LogP contribution in [0.4, 0.5) is 58.2 Å². The van der Waals surface area contributed by atoms with Crippen LogP contribution < -0.4 is 57.7 Å². The summed E-state index contributed by atoms with van der Waals surface area (Å²) in [6.45, 7) is 21.9. The maximum atomic E-state index is 10.1. The normalized spacial score (nSPS) is 18.6. The lowest BCUT2D eigenvalue weighted by Gasteiger charge is -2.36. The quantitative estimate of drug-likeness (QED) is 0.0240. The number of aliphatic hydroxyl groups excluding tert-OH is 3. The summed E-state index contributed by atoms with van der Waals surface area (Å²) in [6.07, 6.45) is 36.5. The number of aliphatic hydroxyl groups is 3. The lowest BCUT2D eigenvalue weighted by atomic mass is 9.85. The summed E-state index contributed by atoms with van der Waals surface area (Å²) in [7, 11) is 0. The van der Waals surface area contributed by atoms with Gasteiger partial charge in [0.1, 0.15) is 58.2 Å². The molecule has 39 heteroatoms. The number of anilines is 10. The second kappa shape index (κ2) is 41.9. The van der Waals surface area contributed by atoms with Crippen LogP contribution in [-0.4, -0.2) is 188 Å². The molecule has 0 radical (unpaired) electrons. The van der Waals surface area contributed by atoms with Gasteiger partial charge in [-0.3, -0.25) is 24.9 Å². The fraction of sp³-hybridized carbons (Fsp3) is 0.402. The van der Waals surface area contributed by atoms with Crippen LogP contribution in [0.5, 0.6) is 0 Å². The third kappa shape index (κ3) is 22.4. The van der Waals surface area contributed by atoms with Crippen molar-refractivity contribution in [2.75, 3.05) is 91.4 Å². The number of rotatable bonds is 26. The van der Waals surface area contributed by atoms with Crippen molar-refractivity contribution in [2.45, 2.75) is 175 Å². The molecule has 20 rings (SSSR count). The summed E-state index contributed by atoms with van der Waals surface area (Å²) < 4.78 is 13.3. The first-order valence-corrected chi connectivity index (χ1v) is 48.1. The van der Waals surface area contributed by atoms with Gasteiger partial charge in [-0.05, 0) is 232 Å². The summed E-state index contributed by atoms with van der Waals surface area (Å²) in [5, 5.41) is 75.0. The van der Waals surface area contributed by atoms with E-state index in [4.69, 9.17) is 25.7 Å². The Hall–Kier alpha value is -10.9. The average molecular weight is 2100 g/mol. The number of piperidine rings is 1. The molecule has 15 aromatic rings. The van der Waals surface area contributed by atoms with Gasteiger partial charge >= 0.3 is 0 Å². The first-order valence-electron chi connectivity index (χ1n) is 44.2. The average Bonchev–Trinajstić information content (AvgIpc) is 1.52. The highest BCUT2D eigenvalue weighted by molar-refractivity contribution is 9.11.